The number of anilines is 1. The van der Waals surface area contributed by atoms with Crippen molar-refractivity contribution in [1.82, 2.24) is 24.8 Å². The Morgan fingerprint density at radius 1 is 1.17 bits per heavy atom. The van der Waals surface area contributed by atoms with Crippen molar-refractivity contribution in [2.24, 2.45) is 0 Å². The molecule has 8 heteroatoms. The highest BCUT2D eigenvalue weighted by atomic mass is 16.5. The first-order chi connectivity index (χ1) is 11.6. The van der Waals surface area contributed by atoms with Gasteiger partial charge in [-0.1, -0.05) is 0 Å². The van der Waals surface area contributed by atoms with Gasteiger partial charge in [0, 0.05) is 45.4 Å². The third-order valence-corrected chi connectivity index (χ3v) is 3.77. The van der Waals surface area contributed by atoms with Crippen molar-refractivity contribution in [3.05, 3.63) is 36.7 Å². The number of nitrogens with zero attached hydrogens (tertiary/aromatic N) is 6. The molecule has 8 nitrogen and oxygen atoms in total. The molecule has 0 radical (unpaired) electrons. The smallest absolute Gasteiger partial charge is 0.291 e. The van der Waals surface area contributed by atoms with Crippen LogP contribution in [0.1, 0.15) is 23.5 Å². The third-order valence-electron chi connectivity index (χ3n) is 3.77. The lowest BCUT2D eigenvalue weighted by atomic mass is 10.1. The number of piperidine rings is 1. The fourth-order valence-electron chi connectivity index (χ4n) is 2.64. The molecular weight excluding hydrogens is 308 g/mol. The van der Waals surface area contributed by atoms with Crippen LogP contribution in [0.3, 0.4) is 0 Å². The van der Waals surface area contributed by atoms with Crippen LogP contribution in [0, 0.1) is 0 Å². The summed E-state index contributed by atoms with van der Waals surface area (Å²) in [5.41, 5.74) is 0. The molecule has 1 saturated heterocycles. The van der Waals surface area contributed by atoms with E-state index in [2.05, 4.69) is 19.9 Å². The molecule has 0 bridgehead atoms. The molecule has 0 aliphatic carbocycles. The summed E-state index contributed by atoms with van der Waals surface area (Å²) in [6.45, 7) is 1.17. The van der Waals surface area contributed by atoms with E-state index >= 15 is 0 Å². The highest BCUT2D eigenvalue weighted by molar-refractivity contribution is 5.90. The lowest BCUT2D eigenvalue weighted by Gasteiger charge is -2.32. The molecule has 0 saturated carbocycles. The van der Waals surface area contributed by atoms with Gasteiger partial charge in [0.25, 0.3) is 11.8 Å². The van der Waals surface area contributed by atoms with Crippen LogP contribution in [0.5, 0.6) is 5.88 Å². The number of ether oxygens (including phenoxy) is 1. The monoisotopic (exact) mass is 328 g/mol. The number of rotatable bonds is 4. The van der Waals surface area contributed by atoms with E-state index in [1.54, 1.807) is 35.8 Å². The number of amides is 1. The molecule has 1 aliphatic heterocycles. The number of hydrogen-bond donors (Lipinski definition) is 0. The van der Waals surface area contributed by atoms with E-state index in [1.807, 2.05) is 19.0 Å². The van der Waals surface area contributed by atoms with Crippen molar-refractivity contribution in [3.63, 3.8) is 0 Å². The number of hydrogen-bond acceptors (Lipinski definition) is 7. The first kappa shape index (κ1) is 16.1. The van der Waals surface area contributed by atoms with Gasteiger partial charge in [-0.05, 0) is 18.9 Å². The normalized spacial score (nSPS) is 17.4. The van der Waals surface area contributed by atoms with E-state index in [0.29, 0.717) is 24.8 Å². The van der Waals surface area contributed by atoms with Crippen LogP contribution in [0.2, 0.25) is 0 Å². The highest BCUT2D eigenvalue weighted by Crippen LogP contribution is 2.24. The lowest BCUT2D eigenvalue weighted by molar-refractivity contribution is 0.0517. The van der Waals surface area contributed by atoms with Crippen molar-refractivity contribution in [2.45, 2.75) is 18.9 Å². The van der Waals surface area contributed by atoms with E-state index in [1.165, 1.54) is 0 Å². The molecule has 3 heterocycles. The summed E-state index contributed by atoms with van der Waals surface area (Å²) in [5, 5.41) is 0. The fraction of sp³-hybridized carbons (Fsp3) is 0.438. The number of carbonyl (C=O) groups excluding carboxylic acids is 1. The third kappa shape index (κ3) is 3.58. The van der Waals surface area contributed by atoms with Gasteiger partial charge in [-0.2, -0.15) is 0 Å². The van der Waals surface area contributed by atoms with E-state index in [9.17, 15) is 4.79 Å². The van der Waals surface area contributed by atoms with Crippen LogP contribution in [0.4, 0.5) is 5.82 Å². The predicted octanol–water partition coefficient (Wildman–Crippen LogP) is 1.02. The molecule has 0 spiro atoms. The van der Waals surface area contributed by atoms with Crippen molar-refractivity contribution in [1.29, 1.82) is 0 Å². The summed E-state index contributed by atoms with van der Waals surface area (Å²) < 4.78 is 6.01. The molecular formula is C16H20N6O2. The van der Waals surface area contributed by atoms with Crippen LogP contribution >= 0.6 is 0 Å². The Bertz CT molecular complexity index is 694. The number of aromatic nitrogens is 4. The Balaban J connectivity index is 1.69. The van der Waals surface area contributed by atoms with Gasteiger partial charge in [0.05, 0.1) is 6.54 Å². The van der Waals surface area contributed by atoms with Crippen LogP contribution in [0.15, 0.2) is 30.9 Å². The lowest BCUT2D eigenvalue weighted by Crippen LogP contribution is -2.45. The molecule has 2 aromatic heterocycles. The summed E-state index contributed by atoms with van der Waals surface area (Å²) in [6, 6.07) is 1.69. The van der Waals surface area contributed by atoms with E-state index in [-0.39, 0.29) is 17.8 Å². The minimum Gasteiger partial charge on any atom is -0.470 e. The largest absolute Gasteiger partial charge is 0.470 e. The van der Waals surface area contributed by atoms with Gasteiger partial charge in [0.15, 0.2) is 5.82 Å². The molecule has 1 fully saturated rings. The van der Waals surface area contributed by atoms with Gasteiger partial charge in [0.2, 0.25) is 5.82 Å². The molecule has 126 valence electrons. The van der Waals surface area contributed by atoms with Gasteiger partial charge < -0.3 is 14.5 Å². The SMILES string of the molecule is CN(C)c1nccnc1O[C@@H]1CCCN(C(=O)c2ncccn2)C1. The Morgan fingerprint density at radius 2 is 1.92 bits per heavy atom. The molecule has 0 aromatic carbocycles. The summed E-state index contributed by atoms with van der Waals surface area (Å²) in [7, 11) is 3.78. The first-order valence-electron chi connectivity index (χ1n) is 7.86. The van der Waals surface area contributed by atoms with Crippen LogP contribution in [-0.2, 0) is 0 Å². The Kier molecular flexibility index (Phi) is 4.83. The van der Waals surface area contributed by atoms with E-state index in [4.69, 9.17) is 4.74 Å². The maximum Gasteiger partial charge on any atom is 0.291 e. The molecule has 1 amide bonds. The standard InChI is InChI=1S/C16H20N6O2/c1-21(2)14-15(20-9-8-19-14)24-12-5-3-10-22(11-12)16(23)13-17-6-4-7-18-13/h4,6-9,12H,3,5,10-11H2,1-2H3/t12-/m1/s1. The van der Waals surface area contributed by atoms with Gasteiger partial charge >= 0.3 is 0 Å². The van der Waals surface area contributed by atoms with Crippen LogP contribution in [-0.4, -0.2) is 64.0 Å². The van der Waals surface area contributed by atoms with Gasteiger partial charge in [0.1, 0.15) is 6.10 Å². The first-order valence-corrected chi connectivity index (χ1v) is 7.86. The molecule has 0 unspecified atom stereocenters. The molecule has 24 heavy (non-hydrogen) atoms. The molecule has 1 atom stereocenters. The van der Waals surface area contributed by atoms with Gasteiger partial charge in [-0.3, -0.25) is 4.79 Å². The quantitative estimate of drug-likeness (QED) is 0.828. The zero-order valence-corrected chi connectivity index (χ0v) is 13.8. The molecule has 0 N–H and O–H groups in total. The van der Waals surface area contributed by atoms with Crippen LogP contribution < -0.4 is 9.64 Å². The maximum atomic E-state index is 12.5. The van der Waals surface area contributed by atoms with Gasteiger partial charge in [-0.15, -0.1) is 0 Å². The average molecular weight is 328 g/mol. The Labute approximate surface area is 140 Å². The Morgan fingerprint density at radius 3 is 2.67 bits per heavy atom. The zero-order valence-electron chi connectivity index (χ0n) is 13.8. The zero-order chi connectivity index (χ0) is 16.9. The number of carbonyl (C=O) groups is 1. The second kappa shape index (κ2) is 7.20. The highest BCUT2D eigenvalue weighted by Gasteiger charge is 2.28. The predicted molar refractivity (Wildman–Crippen MR) is 87.9 cm³/mol. The molecule has 3 rings (SSSR count). The molecule has 2 aromatic rings. The topological polar surface area (TPSA) is 84.3 Å². The summed E-state index contributed by atoms with van der Waals surface area (Å²) in [6.07, 6.45) is 7.98. The van der Waals surface area contributed by atoms with Crippen LogP contribution in [0.25, 0.3) is 0 Å². The second-order valence-corrected chi connectivity index (χ2v) is 5.79. The Hall–Kier alpha value is -2.77. The van der Waals surface area contributed by atoms with E-state index in [0.717, 1.165) is 12.8 Å². The maximum absolute atomic E-state index is 12.5. The average Bonchev–Trinajstić information content (AvgIpc) is 2.62. The van der Waals surface area contributed by atoms with Crippen molar-refractivity contribution in [2.75, 3.05) is 32.1 Å². The van der Waals surface area contributed by atoms with Crippen molar-refractivity contribution < 1.29 is 9.53 Å². The van der Waals surface area contributed by atoms with Crippen molar-refractivity contribution in [3.8, 4) is 5.88 Å². The minimum atomic E-state index is -0.170. The second-order valence-electron chi connectivity index (χ2n) is 5.79. The summed E-state index contributed by atoms with van der Waals surface area (Å²) in [5.74, 6) is 1.20. The fourth-order valence-corrected chi connectivity index (χ4v) is 2.64. The molecule has 1 aliphatic rings. The van der Waals surface area contributed by atoms with Gasteiger partial charge in [-0.25, -0.2) is 19.9 Å². The van der Waals surface area contributed by atoms with E-state index < -0.39 is 0 Å². The summed E-state index contributed by atoms with van der Waals surface area (Å²) >= 11 is 0. The van der Waals surface area contributed by atoms with Crippen molar-refractivity contribution >= 4 is 11.7 Å². The summed E-state index contributed by atoms with van der Waals surface area (Å²) in [4.78, 5) is 32.7. The number of likely N-dealkylation sites (tertiary alicyclic amines) is 1. The minimum absolute atomic E-state index is 0.123.